The van der Waals surface area contributed by atoms with Crippen LogP contribution in [0.25, 0.3) is 0 Å². The number of nitrogens with zero attached hydrogens (tertiary/aromatic N) is 1. The molecule has 0 atom stereocenters. The van der Waals surface area contributed by atoms with Crippen LogP contribution in [-0.4, -0.2) is 31.1 Å². The molecular formula is C14H23NO. The van der Waals surface area contributed by atoms with Crippen LogP contribution < -0.4 is 4.74 Å². The van der Waals surface area contributed by atoms with Gasteiger partial charge in [-0.1, -0.05) is 32.9 Å². The Bertz CT molecular complexity index is 277. The fraction of sp³-hybridized carbons (Fsp3) is 0.571. The van der Waals surface area contributed by atoms with Crippen LogP contribution in [0.3, 0.4) is 0 Å². The summed E-state index contributed by atoms with van der Waals surface area (Å²) in [5, 5.41) is 0. The van der Waals surface area contributed by atoms with Gasteiger partial charge in [0.2, 0.25) is 0 Å². The number of hydrogen-bond donors (Lipinski definition) is 0. The lowest BCUT2D eigenvalue weighted by Crippen LogP contribution is -2.27. The van der Waals surface area contributed by atoms with Crippen LogP contribution in [0.15, 0.2) is 24.3 Å². The summed E-state index contributed by atoms with van der Waals surface area (Å²) in [6, 6.07) is 8.38. The van der Waals surface area contributed by atoms with E-state index in [2.05, 4.69) is 49.9 Å². The molecule has 0 unspecified atom stereocenters. The van der Waals surface area contributed by atoms with E-state index < -0.39 is 0 Å². The van der Waals surface area contributed by atoms with Crippen LogP contribution in [0.5, 0.6) is 5.75 Å². The fourth-order valence-electron chi connectivity index (χ4n) is 1.65. The van der Waals surface area contributed by atoms with E-state index in [0.29, 0.717) is 0 Å². The molecule has 0 saturated carbocycles. The summed E-state index contributed by atoms with van der Waals surface area (Å²) in [4.78, 5) is 2.36. The fourth-order valence-corrected chi connectivity index (χ4v) is 1.65. The monoisotopic (exact) mass is 221 g/mol. The van der Waals surface area contributed by atoms with Gasteiger partial charge in [0.1, 0.15) is 12.4 Å². The summed E-state index contributed by atoms with van der Waals surface area (Å²) < 4.78 is 5.70. The highest BCUT2D eigenvalue weighted by molar-refractivity contribution is 5.27. The summed E-state index contributed by atoms with van der Waals surface area (Å²) in [5.74, 6) is 0.976. The molecule has 0 aliphatic rings. The largest absolute Gasteiger partial charge is 0.492 e. The number of aryl methyl sites for hydroxylation is 1. The van der Waals surface area contributed by atoms with Crippen LogP contribution in [0.4, 0.5) is 0 Å². The summed E-state index contributed by atoms with van der Waals surface area (Å²) in [7, 11) is 0. The molecule has 0 bridgehead atoms. The molecule has 1 aromatic rings. The van der Waals surface area contributed by atoms with Crippen LogP contribution in [-0.2, 0) is 6.42 Å². The molecule has 0 saturated heterocycles. The average Bonchev–Trinajstić information content (AvgIpc) is 2.35. The first kappa shape index (κ1) is 13.0. The Labute approximate surface area is 99.2 Å². The van der Waals surface area contributed by atoms with Crippen molar-refractivity contribution in [2.75, 3.05) is 26.2 Å². The van der Waals surface area contributed by atoms with Crippen LogP contribution in [0.1, 0.15) is 26.3 Å². The van der Waals surface area contributed by atoms with Gasteiger partial charge < -0.3 is 9.64 Å². The van der Waals surface area contributed by atoms with E-state index in [1.54, 1.807) is 0 Å². The maximum atomic E-state index is 5.70. The molecule has 1 rings (SSSR count). The molecular weight excluding hydrogens is 198 g/mol. The SMILES string of the molecule is CCc1ccc(OCCN(CC)CC)cc1. The third-order valence-corrected chi connectivity index (χ3v) is 2.90. The first-order valence-electron chi connectivity index (χ1n) is 6.24. The van der Waals surface area contributed by atoms with E-state index in [1.165, 1.54) is 5.56 Å². The van der Waals surface area contributed by atoms with Crippen LogP contribution in [0, 0.1) is 0 Å². The highest BCUT2D eigenvalue weighted by atomic mass is 16.5. The minimum absolute atomic E-state index is 0.771. The van der Waals surface area contributed by atoms with Gasteiger partial charge in [-0.2, -0.15) is 0 Å². The van der Waals surface area contributed by atoms with Crippen molar-refractivity contribution in [1.29, 1.82) is 0 Å². The van der Waals surface area contributed by atoms with Crippen molar-refractivity contribution in [1.82, 2.24) is 4.90 Å². The smallest absolute Gasteiger partial charge is 0.119 e. The highest BCUT2D eigenvalue weighted by Gasteiger charge is 1.99. The first-order chi connectivity index (χ1) is 7.80. The number of rotatable bonds is 7. The van der Waals surface area contributed by atoms with Crippen molar-refractivity contribution >= 4 is 0 Å². The molecule has 1 aromatic carbocycles. The van der Waals surface area contributed by atoms with Crippen LogP contribution in [0.2, 0.25) is 0 Å². The molecule has 0 radical (unpaired) electrons. The van der Waals surface area contributed by atoms with E-state index in [4.69, 9.17) is 4.74 Å². The molecule has 0 spiro atoms. The Morgan fingerprint density at radius 3 is 2.12 bits per heavy atom. The molecule has 0 amide bonds. The normalized spacial score (nSPS) is 10.8. The van der Waals surface area contributed by atoms with Crippen molar-refractivity contribution in [3.63, 3.8) is 0 Å². The second-order valence-corrected chi connectivity index (χ2v) is 3.87. The van der Waals surface area contributed by atoms with Gasteiger partial charge >= 0.3 is 0 Å². The number of likely N-dealkylation sites (N-methyl/N-ethyl adjacent to an activating group) is 1. The number of benzene rings is 1. The lowest BCUT2D eigenvalue weighted by Gasteiger charge is -2.18. The van der Waals surface area contributed by atoms with E-state index in [0.717, 1.165) is 38.4 Å². The van der Waals surface area contributed by atoms with E-state index >= 15 is 0 Å². The Kier molecular flexibility index (Phi) is 5.94. The second kappa shape index (κ2) is 7.29. The topological polar surface area (TPSA) is 12.5 Å². The predicted molar refractivity (Wildman–Crippen MR) is 69.1 cm³/mol. The minimum atomic E-state index is 0.771. The zero-order valence-corrected chi connectivity index (χ0v) is 10.7. The van der Waals surface area contributed by atoms with Gasteiger partial charge in [0, 0.05) is 6.54 Å². The third-order valence-electron chi connectivity index (χ3n) is 2.90. The number of hydrogen-bond acceptors (Lipinski definition) is 2. The molecule has 0 aliphatic carbocycles. The van der Waals surface area contributed by atoms with Crippen molar-refractivity contribution in [3.05, 3.63) is 29.8 Å². The lowest BCUT2D eigenvalue weighted by atomic mass is 10.2. The predicted octanol–water partition coefficient (Wildman–Crippen LogP) is 2.97. The molecule has 16 heavy (non-hydrogen) atoms. The maximum absolute atomic E-state index is 5.70. The van der Waals surface area contributed by atoms with Gasteiger partial charge in [0.25, 0.3) is 0 Å². The molecule has 90 valence electrons. The Morgan fingerprint density at radius 2 is 1.62 bits per heavy atom. The molecule has 0 fully saturated rings. The van der Waals surface area contributed by atoms with Gasteiger partial charge in [-0.05, 0) is 37.2 Å². The van der Waals surface area contributed by atoms with Gasteiger partial charge in [0.05, 0.1) is 0 Å². The van der Waals surface area contributed by atoms with Gasteiger partial charge in [-0.25, -0.2) is 0 Å². The average molecular weight is 221 g/mol. The second-order valence-electron chi connectivity index (χ2n) is 3.87. The van der Waals surface area contributed by atoms with Gasteiger partial charge in [-0.3, -0.25) is 0 Å². The first-order valence-corrected chi connectivity index (χ1v) is 6.24. The van der Waals surface area contributed by atoms with Crippen molar-refractivity contribution in [2.45, 2.75) is 27.2 Å². The summed E-state index contributed by atoms with van der Waals surface area (Å²) in [6.45, 7) is 10.5. The molecule has 0 heterocycles. The number of ether oxygens (including phenoxy) is 1. The summed E-state index contributed by atoms with van der Waals surface area (Å²) in [5.41, 5.74) is 1.36. The Hall–Kier alpha value is -1.02. The van der Waals surface area contributed by atoms with E-state index in [1.807, 2.05) is 0 Å². The van der Waals surface area contributed by atoms with E-state index in [-0.39, 0.29) is 0 Å². The zero-order valence-electron chi connectivity index (χ0n) is 10.7. The maximum Gasteiger partial charge on any atom is 0.119 e. The summed E-state index contributed by atoms with van der Waals surface area (Å²) >= 11 is 0. The van der Waals surface area contributed by atoms with Crippen molar-refractivity contribution in [3.8, 4) is 5.75 Å². The van der Waals surface area contributed by atoms with Gasteiger partial charge in [-0.15, -0.1) is 0 Å². The standard InChI is InChI=1S/C14H23NO/c1-4-13-7-9-14(10-8-13)16-12-11-15(5-2)6-3/h7-10H,4-6,11-12H2,1-3H3. The lowest BCUT2D eigenvalue weighted by molar-refractivity contribution is 0.223. The van der Waals surface area contributed by atoms with E-state index in [9.17, 15) is 0 Å². The highest BCUT2D eigenvalue weighted by Crippen LogP contribution is 2.12. The molecule has 0 N–H and O–H groups in total. The third kappa shape index (κ3) is 4.23. The van der Waals surface area contributed by atoms with Crippen molar-refractivity contribution < 1.29 is 4.74 Å². The molecule has 0 aromatic heterocycles. The molecule has 2 nitrogen and oxygen atoms in total. The molecule has 0 aliphatic heterocycles. The minimum Gasteiger partial charge on any atom is -0.492 e. The Morgan fingerprint density at radius 1 is 1.00 bits per heavy atom. The van der Waals surface area contributed by atoms with Crippen LogP contribution >= 0.6 is 0 Å². The molecule has 2 heteroatoms. The van der Waals surface area contributed by atoms with Gasteiger partial charge in [0.15, 0.2) is 0 Å². The summed E-state index contributed by atoms with van der Waals surface area (Å²) in [6.07, 6.45) is 1.08. The zero-order chi connectivity index (χ0) is 11.8. The quantitative estimate of drug-likeness (QED) is 0.702. The van der Waals surface area contributed by atoms with Crippen molar-refractivity contribution in [2.24, 2.45) is 0 Å². The Balaban J connectivity index is 2.31.